The number of benzene rings is 1. The molecule has 2 amide bonds. The molecule has 2 heterocycles. The van der Waals surface area contributed by atoms with Crippen molar-refractivity contribution in [2.24, 2.45) is 4.99 Å². The van der Waals surface area contributed by atoms with E-state index in [1.54, 1.807) is 18.2 Å². The molecule has 4 rings (SSSR count). The van der Waals surface area contributed by atoms with Crippen LogP contribution in [0.4, 0.5) is 5.00 Å². The standard InChI is InChI=1S/C25H27N3O9S3/c1-35-14-8-9-16-18(10-14)39-25(28(16)11-21(31)36-2)27-20(30)13-40(33,34)12-19(29)26-23-22(24(32)37-3)15-6-4-5-7-17(15)38-23/h8-10H,4-7,11-13H2,1-3H3,(H,26,29). The number of carbonyl (C=O) groups is 4. The summed E-state index contributed by atoms with van der Waals surface area (Å²) in [6.45, 7) is -0.253. The molecular weight excluding hydrogens is 582 g/mol. The van der Waals surface area contributed by atoms with Crippen LogP contribution in [0.2, 0.25) is 0 Å². The number of sulfone groups is 1. The minimum atomic E-state index is -4.23. The number of ether oxygens (including phenoxy) is 3. The van der Waals surface area contributed by atoms with Crippen LogP contribution in [0.3, 0.4) is 0 Å². The molecule has 0 bridgehead atoms. The molecule has 12 nitrogen and oxygen atoms in total. The number of amides is 2. The van der Waals surface area contributed by atoms with Gasteiger partial charge in [-0.25, -0.2) is 13.2 Å². The Morgan fingerprint density at radius 1 is 1.02 bits per heavy atom. The van der Waals surface area contributed by atoms with Gasteiger partial charge >= 0.3 is 11.9 Å². The average Bonchev–Trinajstić information content (AvgIpc) is 3.43. The van der Waals surface area contributed by atoms with E-state index < -0.39 is 45.1 Å². The predicted molar refractivity (Wildman–Crippen MR) is 149 cm³/mol. The summed E-state index contributed by atoms with van der Waals surface area (Å²) >= 11 is 2.29. The minimum Gasteiger partial charge on any atom is -0.497 e. The first-order valence-corrected chi connectivity index (χ1v) is 15.6. The Balaban J connectivity index is 1.53. The highest BCUT2D eigenvalue weighted by Crippen LogP contribution is 2.38. The van der Waals surface area contributed by atoms with E-state index in [9.17, 15) is 27.6 Å². The molecule has 1 aromatic carbocycles. The number of thiazole rings is 1. The van der Waals surface area contributed by atoms with E-state index in [1.807, 2.05) is 0 Å². The summed E-state index contributed by atoms with van der Waals surface area (Å²) in [7, 11) is -0.269. The summed E-state index contributed by atoms with van der Waals surface area (Å²) in [5, 5.41) is 2.76. The molecule has 1 N–H and O–H groups in total. The van der Waals surface area contributed by atoms with Crippen molar-refractivity contribution in [1.82, 2.24) is 4.57 Å². The molecule has 0 fully saturated rings. The van der Waals surface area contributed by atoms with Crippen molar-refractivity contribution in [3.8, 4) is 5.75 Å². The van der Waals surface area contributed by atoms with Crippen molar-refractivity contribution in [1.29, 1.82) is 0 Å². The number of nitrogens with one attached hydrogen (secondary N) is 1. The van der Waals surface area contributed by atoms with Crippen LogP contribution in [-0.2, 0) is 53.1 Å². The third kappa shape index (κ3) is 6.59. The summed E-state index contributed by atoms with van der Waals surface area (Å²) in [5.41, 5.74) is 1.64. The summed E-state index contributed by atoms with van der Waals surface area (Å²) in [4.78, 5) is 54.7. The molecule has 0 radical (unpaired) electrons. The fraction of sp³-hybridized carbons (Fsp3) is 0.400. The van der Waals surface area contributed by atoms with Crippen molar-refractivity contribution in [3.63, 3.8) is 0 Å². The average molecular weight is 610 g/mol. The van der Waals surface area contributed by atoms with Crippen LogP contribution in [0.15, 0.2) is 23.2 Å². The van der Waals surface area contributed by atoms with Gasteiger partial charge in [-0.15, -0.1) is 11.3 Å². The summed E-state index contributed by atoms with van der Waals surface area (Å²) < 4.78 is 42.4. The molecule has 0 unspecified atom stereocenters. The fourth-order valence-corrected chi connectivity index (χ4v) is 7.71. The zero-order valence-electron chi connectivity index (χ0n) is 22.0. The van der Waals surface area contributed by atoms with E-state index in [4.69, 9.17) is 14.2 Å². The highest BCUT2D eigenvalue weighted by Gasteiger charge is 2.28. The molecule has 0 spiro atoms. The summed E-state index contributed by atoms with van der Waals surface area (Å²) in [6, 6.07) is 5.06. The number of rotatable bonds is 9. The lowest BCUT2D eigenvalue weighted by molar-refractivity contribution is -0.141. The van der Waals surface area contributed by atoms with E-state index in [0.717, 1.165) is 41.0 Å². The molecule has 0 saturated heterocycles. The number of hydrogen-bond acceptors (Lipinski definition) is 11. The van der Waals surface area contributed by atoms with Gasteiger partial charge in [0, 0.05) is 4.88 Å². The predicted octanol–water partition coefficient (Wildman–Crippen LogP) is 2.09. The van der Waals surface area contributed by atoms with Crippen molar-refractivity contribution in [2.45, 2.75) is 32.2 Å². The quantitative estimate of drug-likeness (QED) is 0.359. The van der Waals surface area contributed by atoms with Crippen LogP contribution in [0, 0.1) is 0 Å². The molecule has 15 heteroatoms. The zero-order valence-corrected chi connectivity index (χ0v) is 24.4. The Hall–Kier alpha value is -3.56. The Bertz CT molecular complexity index is 1670. The van der Waals surface area contributed by atoms with Crippen LogP contribution in [0.5, 0.6) is 5.75 Å². The maximum absolute atomic E-state index is 12.7. The van der Waals surface area contributed by atoms with Gasteiger partial charge in [0.1, 0.15) is 28.8 Å². The lowest BCUT2D eigenvalue weighted by Crippen LogP contribution is -2.29. The highest BCUT2D eigenvalue weighted by molar-refractivity contribution is 7.92. The third-order valence-corrected chi connectivity index (χ3v) is 9.77. The van der Waals surface area contributed by atoms with Crippen LogP contribution < -0.4 is 14.9 Å². The number of methoxy groups -OCH3 is 3. The molecule has 0 aliphatic heterocycles. The Labute approximate surface area is 237 Å². The zero-order chi connectivity index (χ0) is 29.0. The molecule has 0 saturated carbocycles. The van der Waals surface area contributed by atoms with E-state index >= 15 is 0 Å². The molecule has 40 heavy (non-hydrogen) atoms. The molecule has 214 valence electrons. The van der Waals surface area contributed by atoms with Gasteiger partial charge in [-0.1, -0.05) is 11.3 Å². The molecule has 3 aromatic rings. The Morgan fingerprint density at radius 3 is 2.48 bits per heavy atom. The minimum absolute atomic E-state index is 0.0881. The van der Waals surface area contributed by atoms with Gasteiger partial charge in [-0.3, -0.25) is 14.4 Å². The lowest BCUT2D eigenvalue weighted by Gasteiger charge is -2.11. The van der Waals surface area contributed by atoms with Gasteiger partial charge in [0.25, 0.3) is 5.91 Å². The maximum Gasteiger partial charge on any atom is 0.341 e. The SMILES string of the molecule is COC(=O)Cn1c(=NC(=O)CS(=O)(=O)CC(=O)Nc2sc3c(c2C(=O)OC)CCCC3)sc2cc(OC)ccc21. The second-order valence-corrected chi connectivity index (χ2v) is 13.1. The topological polar surface area (TPSA) is 159 Å². The van der Waals surface area contributed by atoms with Crippen molar-refractivity contribution in [2.75, 3.05) is 38.2 Å². The number of anilines is 1. The van der Waals surface area contributed by atoms with Crippen molar-refractivity contribution in [3.05, 3.63) is 39.0 Å². The fourth-order valence-electron chi connectivity index (χ4n) is 4.32. The van der Waals surface area contributed by atoms with Gasteiger partial charge in [0.2, 0.25) is 5.91 Å². The molecular formula is C25H27N3O9S3. The summed E-state index contributed by atoms with van der Waals surface area (Å²) in [5.74, 6) is -4.54. The molecule has 1 aliphatic rings. The second kappa shape index (κ2) is 12.3. The van der Waals surface area contributed by atoms with Gasteiger partial charge in [0.05, 0.1) is 37.1 Å². The van der Waals surface area contributed by atoms with Gasteiger partial charge < -0.3 is 24.1 Å². The van der Waals surface area contributed by atoms with Crippen molar-refractivity contribution < 1.29 is 41.8 Å². The van der Waals surface area contributed by atoms with E-state index in [-0.39, 0.29) is 21.9 Å². The van der Waals surface area contributed by atoms with E-state index in [2.05, 4.69) is 10.3 Å². The normalized spacial score (nSPS) is 13.5. The number of aromatic nitrogens is 1. The number of nitrogens with zero attached hydrogens (tertiary/aromatic N) is 2. The number of carbonyl (C=O) groups excluding carboxylic acids is 4. The molecule has 2 aromatic heterocycles. The van der Waals surface area contributed by atoms with E-state index in [1.165, 1.54) is 37.2 Å². The Morgan fingerprint density at radius 2 is 1.77 bits per heavy atom. The van der Waals surface area contributed by atoms with Gasteiger partial charge in [-0.2, -0.15) is 4.99 Å². The monoisotopic (exact) mass is 609 g/mol. The van der Waals surface area contributed by atoms with Crippen molar-refractivity contribution >= 4 is 71.5 Å². The van der Waals surface area contributed by atoms with Crippen LogP contribution in [-0.4, -0.2) is 69.6 Å². The number of hydrogen-bond donors (Lipinski definition) is 1. The highest BCUT2D eigenvalue weighted by atomic mass is 32.2. The summed E-state index contributed by atoms with van der Waals surface area (Å²) in [6.07, 6.45) is 3.28. The van der Waals surface area contributed by atoms with E-state index in [0.29, 0.717) is 22.4 Å². The van der Waals surface area contributed by atoms with Crippen LogP contribution >= 0.6 is 22.7 Å². The smallest absolute Gasteiger partial charge is 0.341 e. The van der Waals surface area contributed by atoms with Crippen LogP contribution in [0.25, 0.3) is 10.2 Å². The van der Waals surface area contributed by atoms with Crippen LogP contribution in [0.1, 0.15) is 33.6 Å². The number of fused-ring (bicyclic) bond motifs is 2. The Kier molecular flexibility index (Phi) is 9.05. The number of aryl methyl sites for hydroxylation is 1. The maximum atomic E-state index is 12.7. The first-order chi connectivity index (χ1) is 19.0. The van der Waals surface area contributed by atoms with Gasteiger partial charge in [0.15, 0.2) is 14.6 Å². The first-order valence-electron chi connectivity index (χ1n) is 12.1. The second-order valence-electron chi connectivity index (χ2n) is 8.87. The molecule has 0 atom stereocenters. The number of thiophene rings is 1. The first kappa shape index (κ1) is 29.4. The molecule has 1 aliphatic carbocycles. The van der Waals surface area contributed by atoms with Gasteiger partial charge in [-0.05, 0) is 49.4 Å². The largest absolute Gasteiger partial charge is 0.497 e. The number of esters is 2. The third-order valence-electron chi connectivity index (χ3n) is 6.13. The lowest BCUT2D eigenvalue weighted by atomic mass is 9.95.